The molecule has 0 unspecified atom stereocenters. The summed E-state index contributed by atoms with van der Waals surface area (Å²) in [5, 5.41) is 11.5. The van der Waals surface area contributed by atoms with Crippen molar-refractivity contribution in [2.24, 2.45) is 16.3 Å². The van der Waals surface area contributed by atoms with E-state index < -0.39 is 0 Å². The molecule has 94 valence electrons. The molecular weight excluding hydrogens is 206 g/mol. The molecule has 5 nitrogen and oxygen atoms in total. The second-order valence-corrected chi connectivity index (χ2v) is 4.82. The molecule has 1 aliphatic heterocycles. The van der Waals surface area contributed by atoms with Crippen LogP contribution in [-0.4, -0.2) is 48.8 Å². The highest BCUT2D eigenvalue weighted by Gasteiger charge is 2.30. The highest BCUT2D eigenvalue weighted by Crippen LogP contribution is 2.30. The van der Waals surface area contributed by atoms with E-state index in [9.17, 15) is 0 Å². The largest absolute Gasteiger partial charge is 0.409 e. The third-order valence-electron chi connectivity index (χ3n) is 3.23. The van der Waals surface area contributed by atoms with Crippen LogP contribution in [0.5, 0.6) is 0 Å². The Kier molecular flexibility index (Phi) is 5.02. The number of rotatable bonds is 5. The monoisotopic (exact) mass is 229 g/mol. The van der Waals surface area contributed by atoms with E-state index in [2.05, 4.69) is 17.0 Å². The van der Waals surface area contributed by atoms with Gasteiger partial charge in [0.2, 0.25) is 0 Å². The number of ether oxygens (including phenoxy) is 1. The summed E-state index contributed by atoms with van der Waals surface area (Å²) in [4.78, 5) is 2.21. The van der Waals surface area contributed by atoms with Gasteiger partial charge in [-0.3, -0.25) is 4.90 Å². The van der Waals surface area contributed by atoms with Gasteiger partial charge in [-0.1, -0.05) is 12.1 Å². The van der Waals surface area contributed by atoms with Crippen LogP contribution in [0.1, 0.15) is 26.7 Å². The van der Waals surface area contributed by atoms with Crippen molar-refractivity contribution in [1.29, 1.82) is 0 Å². The van der Waals surface area contributed by atoms with Gasteiger partial charge in [0, 0.05) is 6.61 Å². The van der Waals surface area contributed by atoms with E-state index in [0.717, 1.165) is 39.1 Å². The van der Waals surface area contributed by atoms with Gasteiger partial charge in [-0.15, -0.1) is 0 Å². The van der Waals surface area contributed by atoms with Crippen molar-refractivity contribution in [3.63, 3.8) is 0 Å². The van der Waals surface area contributed by atoms with E-state index in [0.29, 0.717) is 6.54 Å². The maximum absolute atomic E-state index is 8.50. The number of hydrogen-bond acceptors (Lipinski definition) is 4. The lowest BCUT2D eigenvalue weighted by Crippen LogP contribution is -2.44. The van der Waals surface area contributed by atoms with Crippen LogP contribution in [-0.2, 0) is 4.74 Å². The zero-order chi connectivity index (χ0) is 12.0. The minimum Gasteiger partial charge on any atom is -0.409 e. The number of nitrogens with zero attached hydrogens (tertiary/aromatic N) is 2. The molecule has 0 aromatic carbocycles. The SMILES string of the molecule is CCOCC1(C)CCN(CC(N)=NO)CC1. The molecule has 0 amide bonds. The summed E-state index contributed by atoms with van der Waals surface area (Å²) in [5.74, 6) is 0.286. The third kappa shape index (κ3) is 3.98. The molecule has 3 N–H and O–H groups in total. The van der Waals surface area contributed by atoms with Gasteiger partial charge in [0.1, 0.15) is 0 Å². The Labute approximate surface area is 97.2 Å². The molecule has 5 heteroatoms. The van der Waals surface area contributed by atoms with E-state index in [1.54, 1.807) is 0 Å². The molecule has 1 aliphatic rings. The van der Waals surface area contributed by atoms with Crippen molar-refractivity contribution in [2.45, 2.75) is 26.7 Å². The van der Waals surface area contributed by atoms with Gasteiger partial charge in [-0.25, -0.2) is 0 Å². The summed E-state index contributed by atoms with van der Waals surface area (Å²) in [5.41, 5.74) is 5.77. The summed E-state index contributed by atoms with van der Waals surface area (Å²) in [6.07, 6.45) is 2.21. The minimum absolute atomic E-state index is 0.286. The molecule has 1 fully saturated rings. The molecule has 1 saturated heterocycles. The van der Waals surface area contributed by atoms with Crippen LogP contribution in [0.4, 0.5) is 0 Å². The van der Waals surface area contributed by atoms with E-state index >= 15 is 0 Å². The summed E-state index contributed by atoms with van der Waals surface area (Å²) in [7, 11) is 0. The van der Waals surface area contributed by atoms with E-state index in [1.165, 1.54) is 0 Å². The standard InChI is InChI=1S/C11H23N3O2/c1-3-16-9-11(2)4-6-14(7-5-11)8-10(12)13-15/h15H,3-9H2,1-2H3,(H2,12,13). The number of hydrogen-bond donors (Lipinski definition) is 2. The predicted octanol–water partition coefficient (Wildman–Crippen LogP) is 0.871. The fourth-order valence-corrected chi connectivity index (χ4v) is 2.00. The summed E-state index contributed by atoms with van der Waals surface area (Å²) >= 11 is 0. The Morgan fingerprint density at radius 1 is 1.50 bits per heavy atom. The third-order valence-corrected chi connectivity index (χ3v) is 3.23. The van der Waals surface area contributed by atoms with E-state index in [-0.39, 0.29) is 11.3 Å². The van der Waals surface area contributed by atoms with Crippen LogP contribution in [0, 0.1) is 5.41 Å². The van der Waals surface area contributed by atoms with Crippen LogP contribution in [0.2, 0.25) is 0 Å². The number of piperidine rings is 1. The van der Waals surface area contributed by atoms with Gasteiger partial charge in [0.05, 0.1) is 13.2 Å². The Morgan fingerprint density at radius 3 is 2.62 bits per heavy atom. The van der Waals surface area contributed by atoms with E-state index in [4.69, 9.17) is 15.7 Å². The van der Waals surface area contributed by atoms with Crippen LogP contribution in [0.15, 0.2) is 5.16 Å². The lowest BCUT2D eigenvalue weighted by atomic mass is 9.81. The highest BCUT2D eigenvalue weighted by molar-refractivity contribution is 5.81. The first kappa shape index (κ1) is 13.3. The van der Waals surface area contributed by atoms with Gasteiger partial charge >= 0.3 is 0 Å². The van der Waals surface area contributed by atoms with Crippen LogP contribution in [0.3, 0.4) is 0 Å². The van der Waals surface area contributed by atoms with Gasteiger partial charge in [-0.2, -0.15) is 0 Å². The van der Waals surface area contributed by atoms with Crippen molar-refractivity contribution in [2.75, 3.05) is 32.8 Å². The van der Waals surface area contributed by atoms with Crippen molar-refractivity contribution in [3.05, 3.63) is 0 Å². The van der Waals surface area contributed by atoms with Gasteiger partial charge in [0.15, 0.2) is 5.84 Å². The van der Waals surface area contributed by atoms with Crippen LogP contribution >= 0.6 is 0 Å². The molecule has 0 spiro atoms. The molecule has 1 heterocycles. The zero-order valence-corrected chi connectivity index (χ0v) is 10.3. The first-order chi connectivity index (χ1) is 7.59. The molecule has 0 aromatic heterocycles. The second-order valence-electron chi connectivity index (χ2n) is 4.82. The first-order valence-electron chi connectivity index (χ1n) is 5.86. The number of oxime groups is 1. The second kappa shape index (κ2) is 6.06. The average Bonchev–Trinajstić information content (AvgIpc) is 2.30. The van der Waals surface area contributed by atoms with Crippen molar-refractivity contribution < 1.29 is 9.94 Å². The molecule has 0 radical (unpaired) electrons. The Balaban J connectivity index is 2.32. The quantitative estimate of drug-likeness (QED) is 0.317. The molecule has 0 saturated carbocycles. The minimum atomic E-state index is 0.286. The molecular formula is C11H23N3O2. The fourth-order valence-electron chi connectivity index (χ4n) is 2.00. The topological polar surface area (TPSA) is 71.1 Å². The molecule has 0 bridgehead atoms. The molecule has 0 aliphatic carbocycles. The highest BCUT2D eigenvalue weighted by atomic mass is 16.5. The number of likely N-dealkylation sites (tertiary alicyclic amines) is 1. The maximum atomic E-state index is 8.50. The number of nitrogens with two attached hydrogens (primary N) is 1. The smallest absolute Gasteiger partial charge is 0.153 e. The van der Waals surface area contributed by atoms with Crippen molar-refractivity contribution >= 4 is 5.84 Å². The van der Waals surface area contributed by atoms with Gasteiger partial charge < -0.3 is 15.7 Å². The van der Waals surface area contributed by atoms with Crippen molar-refractivity contribution in [1.82, 2.24) is 4.90 Å². The normalized spacial score (nSPS) is 22.2. The van der Waals surface area contributed by atoms with Crippen LogP contribution < -0.4 is 5.73 Å². The summed E-state index contributed by atoms with van der Waals surface area (Å²) in [6, 6.07) is 0. The molecule has 1 rings (SSSR count). The summed E-state index contributed by atoms with van der Waals surface area (Å²) < 4.78 is 5.51. The summed E-state index contributed by atoms with van der Waals surface area (Å²) in [6.45, 7) is 8.44. The zero-order valence-electron chi connectivity index (χ0n) is 10.3. The average molecular weight is 229 g/mol. The fraction of sp³-hybridized carbons (Fsp3) is 0.909. The predicted molar refractivity (Wildman–Crippen MR) is 63.7 cm³/mol. The molecule has 16 heavy (non-hydrogen) atoms. The molecule has 0 atom stereocenters. The van der Waals surface area contributed by atoms with E-state index in [1.807, 2.05) is 6.92 Å². The molecule has 0 aromatic rings. The van der Waals surface area contributed by atoms with Crippen molar-refractivity contribution in [3.8, 4) is 0 Å². The van der Waals surface area contributed by atoms with Gasteiger partial charge in [-0.05, 0) is 38.3 Å². The van der Waals surface area contributed by atoms with Gasteiger partial charge in [0.25, 0.3) is 0 Å². The Hall–Kier alpha value is -0.810. The Morgan fingerprint density at radius 2 is 2.12 bits per heavy atom. The Bertz CT molecular complexity index is 235. The number of amidine groups is 1. The lowest BCUT2D eigenvalue weighted by Gasteiger charge is -2.38. The van der Waals surface area contributed by atoms with Crippen LogP contribution in [0.25, 0.3) is 0 Å². The maximum Gasteiger partial charge on any atom is 0.153 e. The lowest BCUT2D eigenvalue weighted by molar-refractivity contribution is 0.0193. The first-order valence-corrected chi connectivity index (χ1v) is 5.86.